The monoisotopic (exact) mass is 718 g/mol. The molecule has 0 aliphatic carbocycles. The van der Waals surface area contributed by atoms with Crippen molar-refractivity contribution in [1.82, 2.24) is 0 Å². The molecule has 2 heteroatoms. The van der Waals surface area contributed by atoms with Gasteiger partial charge in [-0.05, 0) is 83.9 Å². The molecule has 0 aliphatic rings. The molecule has 0 amide bonds. The Balaban J connectivity index is 1.03. The van der Waals surface area contributed by atoms with Gasteiger partial charge in [0.2, 0.25) is 0 Å². The van der Waals surface area contributed by atoms with Crippen molar-refractivity contribution in [2.75, 3.05) is 0 Å². The molecule has 12 aromatic rings. The van der Waals surface area contributed by atoms with E-state index in [9.17, 15) is 0 Å². The summed E-state index contributed by atoms with van der Waals surface area (Å²) in [6.45, 7) is 0. The molecular formula is C52H30S2. The molecule has 0 fully saturated rings. The van der Waals surface area contributed by atoms with Crippen LogP contribution in [0.25, 0.3) is 117 Å². The lowest BCUT2D eigenvalue weighted by molar-refractivity contribution is 1.63. The Hall–Kier alpha value is -6.32. The second kappa shape index (κ2) is 11.6. The van der Waals surface area contributed by atoms with Gasteiger partial charge in [-0.15, -0.1) is 22.7 Å². The molecule has 0 unspecified atom stereocenters. The average molecular weight is 719 g/mol. The van der Waals surface area contributed by atoms with Crippen LogP contribution in [0.1, 0.15) is 0 Å². The fourth-order valence-corrected chi connectivity index (χ4v) is 11.5. The Bertz CT molecular complexity index is 3440. The van der Waals surface area contributed by atoms with E-state index in [0.29, 0.717) is 0 Å². The first-order valence-corrected chi connectivity index (χ1v) is 20.1. The maximum absolute atomic E-state index is 2.41. The zero-order valence-electron chi connectivity index (χ0n) is 29.1. The molecular weight excluding hydrogens is 689 g/mol. The van der Waals surface area contributed by atoms with Crippen molar-refractivity contribution in [3.8, 4) is 33.4 Å². The minimum atomic E-state index is 1.23. The average Bonchev–Trinajstić information content (AvgIpc) is 3.81. The van der Waals surface area contributed by atoms with Crippen LogP contribution in [0.3, 0.4) is 0 Å². The van der Waals surface area contributed by atoms with Gasteiger partial charge in [-0.25, -0.2) is 0 Å². The van der Waals surface area contributed by atoms with Crippen LogP contribution in [-0.4, -0.2) is 0 Å². The summed E-state index contributed by atoms with van der Waals surface area (Å²) in [5.74, 6) is 0. The Kier molecular flexibility index (Phi) is 6.48. The fraction of sp³-hybridized carbons (Fsp3) is 0. The highest BCUT2D eigenvalue weighted by molar-refractivity contribution is 7.28. The summed E-state index contributed by atoms with van der Waals surface area (Å²) in [5, 5.41) is 15.7. The van der Waals surface area contributed by atoms with E-state index in [1.54, 1.807) is 0 Å². The SMILES string of the molecule is c1cc(-c2ccc3c(c2)sc2c3ccc3c2ccc2c4ccccc4sc23)cc(-c2c3ccccc3c(-c3cccc4ccccc34)c3ccccc23)c1. The molecule has 250 valence electrons. The molecule has 0 nitrogen and oxygen atoms in total. The van der Waals surface area contributed by atoms with Gasteiger partial charge in [0, 0.05) is 51.1 Å². The van der Waals surface area contributed by atoms with Gasteiger partial charge in [-0.1, -0.05) is 164 Å². The predicted octanol–water partition coefficient (Wildman–Crippen LogP) is 16.0. The molecule has 2 aromatic heterocycles. The third-order valence-corrected chi connectivity index (χ3v) is 13.9. The summed E-state index contributed by atoms with van der Waals surface area (Å²) >= 11 is 3.84. The number of benzene rings is 10. The van der Waals surface area contributed by atoms with E-state index in [-0.39, 0.29) is 0 Å². The van der Waals surface area contributed by atoms with Crippen LogP contribution in [0.2, 0.25) is 0 Å². The van der Waals surface area contributed by atoms with E-state index in [0.717, 1.165) is 0 Å². The molecule has 0 N–H and O–H groups in total. The highest BCUT2D eigenvalue weighted by Crippen LogP contribution is 2.47. The third-order valence-electron chi connectivity index (χ3n) is 11.5. The summed E-state index contributed by atoms with van der Waals surface area (Å²) in [6, 6.07) is 67.8. The molecule has 0 bridgehead atoms. The van der Waals surface area contributed by atoms with E-state index in [2.05, 4.69) is 182 Å². The van der Waals surface area contributed by atoms with Gasteiger partial charge < -0.3 is 0 Å². The second-order valence-electron chi connectivity index (χ2n) is 14.3. The van der Waals surface area contributed by atoms with Crippen molar-refractivity contribution < 1.29 is 0 Å². The van der Waals surface area contributed by atoms with Crippen molar-refractivity contribution in [2.24, 2.45) is 0 Å². The minimum Gasteiger partial charge on any atom is -0.135 e. The number of rotatable bonds is 3. The molecule has 10 aromatic carbocycles. The van der Waals surface area contributed by atoms with Crippen molar-refractivity contribution >= 4 is 106 Å². The number of hydrogen-bond acceptors (Lipinski definition) is 2. The lowest BCUT2D eigenvalue weighted by Gasteiger charge is -2.19. The molecule has 2 heterocycles. The Morgan fingerprint density at radius 3 is 1.43 bits per heavy atom. The normalized spacial score (nSPS) is 12.1. The first-order valence-electron chi connectivity index (χ1n) is 18.5. The highest BCUT2D eigenvalue weighted by Gasteiger charge is 2.19. The van der Waals surface area contributed by atoms with E-state index in [1.807, 2.05) is 22.7 Å². The zero-order chi connectivity index (χ0) is 35.3. The first kappa shape index (κ1) is 30.2. The van der Waals surface area contributed by atoms with Crippen molar-refractivity contribution in [3.63, 3.8) is 0 Å². The van der Waals surface area contributed by atoms with Gasteiger partial charge >= 0.3 is 0 Å². The molecule has 54 heavy (non-hydrogen) atoms. The number of hydrogen-bond donors (Lipinski definition) is 0. The molecule has 0 saturated carbocycles. The quantitative estimate of drug-likeness (QED) is 0.160. The van der Waals surface area contributed by atoms with Gasteiger partial charge in [-0.2, -0.15) is 0 Å². The van der Waals surface area contributed by atoms with Crippen LogP contribution in [0, 0.1) is 0 Å². The lowest BCUT2D eigenvalue weighted by Crippen LogP contribution is -1.92. The van der Waals surface area contributed by atoms with Gasteiger partial charge in [0.25, 0.3) is 0 Å². The Morgan fingerprint density at radius 1 is 0.259 bits per heavy atom. The molecule has 0 spiro atoms. The smallest absolute Gasteiger partial charge is 0.0434 e. The Morgan fingerprint density at radius 2 is 0.722 bits per heavy atom. The standard InChI is InChI=1S/C52H30S2/c1-2-15-35-31(11-1)12-10-21-38(35)50-41-19-5-3-17-39(41)49(40-18-4-6-20-42(40)50)34-14-9-13-32(29-34)33-23-24-37-44-26-28-45-46(52(44)54-48(37)30-33)27-25-43-36-16-7-8-22-47(36)53-51(43)45/h1-30H. The summed E-state index contributed by atoms with van der Waals surface area (Å²) in [7, 11) is 0. The summed E-state index contributed by atoms with van der Waals surface area (Å²) < 4.78 is 5.44. The number of thiophene rings is 2. The zero-order valence-corrected chi connectivity index (χ0v) is 30.8. The topological polar surface area (TPSA) is 0 Å². The van der Waals surface area contributed by atoms with Gasteiger partial charge in [-0.3, -0.25) is 0 Å². The summed E-state index contributed by atoms with van der Waals surface area (Å²) in [5.41, 5.74) is 7.57. The summed E-state index contributed by atoms with van der Waals surface area (Å²) in [6.07, 6.45) is 0. The van der Waals surface area contributed by atoms with E-state index in [1.165, 1.54) is 117 Å². The van der Waals surface area contributed by atoms with E-state index < -0.39 is 0 Å². The van der Waals surface area contributed by atoms with Gasteiger partial charge in [0.1, 0.15) is 0 Å². The third kappa shape index (κ3) is 4.36. The number of fused-ring (bicyclic) bond motifs is 12. The van der Waals surface area contributed by atoms with Crippen molar-refractivity contribution in [2.45, 2.75) is 0 Å². The summed E-state index contributed by atoms with van der Waals surface area (Å²) in [4.78, 5) is 0. The predicted molar refractivity (Wildman–Crippen MR) is 239 cm³/mol. The van der Waals surface area contributed by atoms with Crippen LogP contribution >= 0.6 is 22.7 Å². The van der Waals surface area contributed by atoms with Crippen LogP contribution in [-0.2, 0) is 0 Å². The Labute approximate surface area is 319 Å². The molecule has 0 aliphatic heterocycles. The van der Waals surface area contributed by atoms with Gasteiger partial charge in [0.05, 0.1) is 0 Å². The second-order valence-corrected chi connectivity index (χ2v) is 16.4. The van der Waals surface area contributed by atoms with Crippen molar-refractivity contribution in [1.29, 1.82) is 0 Å². The fourth-order valence-electron chi connectivity index (χ4n) is 9.03. The van der Waals surface area contributed by atoms with Gasteiger partial charge in [0.15, 0.2) is 0 Å². The van der Waals surface area contributed by atoms with E-state index >= 15 is 0 Å². The highest BCUT2D eigenvalue weighted by atomic mass is 32.1. The van der Waals surface area contributed by atoms with Crippen LogP contribution < -0.4 is 0 Å². The maximum Gasteiger partial charge on any atom is 0.0434 e. The molecule has 0 saturated heterocycles. The van der Waals surface area contributed by atoms with Crippen LogP contribution in [0.4, 0.5) is 0 Å². The maximum atomic E-state index is 2.41. The molecule has 0 radical (unpaired) electrons. The van der Waals surface area contributed by atoms with E-state index in [4.69, 9.17) is 0 Å². The minimum absolute atomic E-state index is 1.23. The van der Waals surface area contributed by atoms with Crippen LogP contribution in [0.5, 0.6) is 0 Å². The van der Waals surface area contributed by atoms with Crippen molar-refractivity contribution in [3.05, 3.63) is 182 Å². The first-order chi connectivity index (χ1) is 26.8. The largest absolute Gasteiger partial charge is 0.135 e. The van der Waals surface area contributed by atoms with Crippen LogP contribution in [0.15, 0.2) is 182 Å². The lowest BCUT2D eigenvalue weighted by atomic mass is 9.84. The molecule has 0 atom stereocenters. The molecule has 12 rings (SSSR count).